The number of hydrogen-bond acceptors (Lipinski definition) is 6. The molecule has 0 spiro atoms. The van der Waals surface area contributed by atoms with E-state index in [1.165, 1.54) is 6.26 Å². The Hall–Kier alpha value is -2.81. The van der Waals surface area contributed by atoms with Crippen LogP contribution >= 0.6 is 0 Å². The third-order valence-corrected chi connectivity index (χ3v) is 5.02. The van der Waals surface area contributed by atoms with Crippen LogP contribution in [0.5, 0.6) is 5.75 Å². The lowest BCUT2D eigenvalue weighted by Crippen LogP contribution is -2.36. The highest BCUT2D eigenvalue weighted by Gasteiger charge is 2.32. The minimum Gasteiger partial charge on any atom is -0.507 e. The van der Waals surface area contributed by atoms with E-state index < -0.39 is 23.6 Å². The van der Waals surface area contributed by atoms with Crippen molar-refractivity contribution in [2.75, 3.05) is 5.32 Å². The molecule has 2 unspecified atom stereocenters. The van der Waals surface area contributed by atoms with E-state index >= 15 is 0 Å². The molecular weight excluding hydrogens is 375 g/mol. The molecule has 28 heavy (non-hydrogen) atoms. The second-order valence-electron chi connectivity index (χ2n) is 6.89. The highest BCUT2D eigenvalue weighted by molar-refractivity contribution is 5.97. The van der Waals surface area contributed by atoms with Crippen LogP contribution in [0.25, 0.3) is 22.2 Å². The van der Waals surface area contributed by atoms with Crippen molar-refractivity contribution >= 4 is 16.8 Å². The van der Waals surface area contributed by atoms with Crippen LogP contribution in [-0.4, -0.2) is 32.6 Å². The highest BCUT2D eigenvalue weighted by Crippen LogP contribution is 2.39. The van der Waals surface area contributed by atoms with Crippen molar-refractivity contribution < 1.29 is 27.8 Å². The van der Waals surface area contributed by atoms with Gasteiger partial charge < -0.3 is 19.9 Å². The van der Waals surface area contributed by atoms with Crippen LogP contribution in [-0.2, 0) is 6.18 Å². The Morgan fingerprint density at radius 3 is 2.61 bits per heavy atom. The Kier molecular flexibility index (Phi) is 4.62. The second-order valence-corrected chi connectivity index (χ2v) is 6.89. The minimum atomic E-state index is -4.56. The molecule has 0 saturated heterocycles. The summed E-state index contributed by atoms with van der Waals surface area (Å²) >= 11 is 0. The number of phenolic OH excluding ortho intramolecular Hbond substituents is 1. The second kappa shape index (κ2) is 6.97. The van der Waals surface area contributed by atoms with Gasteiger partial charge in [0.25, 0.3) is 0 Å². The van der Waals surface area contributed by atoms with E-state index in [2.05, 4.69) is 15.5 Å². The van der Waals surface area contributed by atoms with E-state index in [9.17, 15) is 23.4 Å². The van der Waals surface area contributed by atoms with Gasteiger partial charge in [-0.1, -0.05) is 12.8 Å². The average molecular weight is 393 g/mol. The molecule has 148 valence electrons. The van der Waals surface area contributed by atoms with Crippen molar-refractivity contribution in [3.05, 3.63) is 36.1 Å². The molecule has 1 aliphatic carbocycles. The Labute approximate surface area is 158 Å². The number of halogens is 3. The molecule has 3 N–H and O–H groups in total. The fraction of sp³-hybridized carbons (Fsp3) is 0.368. The molecule has 1 aromatic carbocycles. The van der Waals surface area contributed by atoms with Gasteiger partial charge in [-0.3, -0.25) is 0 Å². The molecular formula is C19H18F3N3O3. The zero-order valence-electron chi connectivity index (χ0n) is 14.7. The summed E-state index contributed by atoms with van der Waals surface area (Å²) in [4.78, 5) is 0. The van der Waals surface area contributed by atoms with Gasteiger partial charge in [-0.15, -0.1) is 10.2 Å². The van der Waals surface area contributed by atoms with Crippen LogP contribution in [0, 0.1) is 0 Å². The van der Waals surface area contributed by atoms with Gasteiger partial charge in [0.1, 0.15) is 11.4 Å². The maximum Gasteiger partial charge on any atom is 0.416 e. The lowest BCUT2D eigenvalue weighted by atomic mass is 9.92. The van der Waals surface area contributed by atoms with Crippen molar-refractivity contribution in [2.24, 2.45) is 0 Å². The summed E-state index contributed by atoms with van der Waals surface area (Å²) in [6, 6.07) is 4.16. The number of rotatable bonds is 3. The predicted molar refractivity (Wildman–Crippen MR) is 95.8 cm³/mol. The maximum atomic E-state index is 12.8. The summed E-state index contributed by atoms with van der Waals surface area (Å²) in [5.41, 5.74) is -0.439. The Bertz CT molecular complexity index is 1000. The normalized spacial score (nSPS) is 20.4. The Morgan fingerprint density at radius 2 is 1.89 bits per heavy atom. The summed E-state index contributed by atoms with van der Waals surface area (Å²) < 4.78 is 44.0. The first-order chi connectivity index (χ1) is 13.3. The molecule has 6 nitrogen and oxygen atoms in total. The lowest BCUT2D eigenvalue weighted by molar-refractivity contribution is -0.137. The largest absolute Gasteiger partial charge is 0.507 e. The Balaban J connectivity index is 1.71. The molecule has 9 heteroatoms. The summed E-state index contributed by atoms with van der Waals surface area (Å²) in [5, 5.41) is 32.2. The Morgan fingerprint density at radius 1 is 1.11 bits per heavy atom. The van der Waals surface area contributed by atoms with Crippen molar-refractivity contribution in [3.8, 4) is 17.0 Å². The molecule has 1 saturated carbocycles. The molecule has 2 aromatic heterocycles. The summed E-state index contributed by atoms with van der Waals surface area (Å²) in [7, 11) is 0. The van der Waals surface area contributed by atoms with Gasteiger partial charge in [-0.2, -0.15) is 13.2 Å². The van der Waals surface area contributed by atoms with Gasteiger partial charge >= 0.3 is 6.18 Å². The van der Waals surface area contributed by atoms with Crippen molar-refractivity contribution in [1.29, 1.82) is 0 Å². The molecule has 0 radical (unpaired) electrons. The smallest absolute Gasteiger partial charge is 0.416 e. The van der Waals surface area contributed by atoms with Gasteiger partial charge in [0.2, 0.25) is 0 Å². The number of nitrogens with zero attached hydrogens (tertiary/aromatic N) is 2. The molecule has 2 heterocycles. The first-order valence-electron chi connectivity index (χ1n) is 8.93. The van der Waals surface area contributed by atoms with E-state index in [4.69, 9.17) is 4.42 Å². The number of alkyl halides is 3. The SMILES string of the molecule is Oc1cc(C(F)(F)F)ccc1-c1nnc(NC2CCCCC2O)c2ccoc12. The molecule has 4 rings (SSSR count). The summed E-state index contributed by atoms with van der Waals surface area (Å²) in [6.45, 7) is 0. The third-order valence-electron chi connectivity index (χ3n) is 5.02. The average Bonchev–Trinajstić information content (AvgIpc) is 3.13. The number of aliphatic hydroxyl groups is 1. The standard InChI is InChI=1S/C19H18F3N3O3/c20-19(21,22)10-5-6-11(15(27)9-10)16-17-12(7-8-28-17)18(25-24-16)23-13-3-1-2-4-14(13)26/h5-9,13-14,26-27H,1-4H2,(H,23,25). The van der Waals surface area contributed by atoms with Gasteiger partial charge in [-0.05, 0) is 37.1 Å². The molecule has 0 bridgehead atoms. The quantitative estimate of drug-likeness (QED) is 0.614. The van der Waals surface area contributed by atoms with Crippen molar-refractivity contribution in [2.45, 2.75) is 44.0 Å². The van der Waals surface area contributed by atoms with Gasteiger partial charge in [0.15, 0.2) is 11.4 Å². The zero-order chi connectivity index (χ0) is 19.9. The zero-order valence-corrected chi connectivity index (χ0v) is 14.7. The minimum absolute atomic E-state index is 0.0877. The fourth-order valence-electron chi connectivity index (χ4n) is 3.52. The van der Waals surface area contributed by atoms with Gasteiger partial charge in [0.05, 0.1) is 29.4 Å². The third kappa shape index (κ3) is 3.37. The number of benzene rings is 1. The van der Waals surface area contributed by atoms with E-state index in [1.54, 1.807) is 6.07 Å². The number of phenols is 1. The molecule has 0 aliphatic heterocycles. The number of aromatic nitrogens is 2. The van der Waals surface area contributed by atoms with Crippen LogP contribution in [0.1, 0.15) is 31.2 Å². The number of nitrogens with one attached hydrogen (secondary N) is 1. The highest BCUT2D eigenvalue weighted by atomic mass is 19.4. The van der Waals surface area contributed by atoms with Crippen LogP contribution in [0.15, 0.2) is 34.9 Å². The molecule has 1 aliphatic rings. The first-order valence-corrected chi connectivity index (χ1v) is 8.93. The maximum absolute atomic E-state index is 12.8. The van der Waals surface area contributed by atoms with E-state index in [1.807, 2.05) is 0 Å². The van der Waals surface area contributed by atoms with Crippen LogP contribution in [0.2, 0.25) is 0 Å². The van der Waals surface area contributed by atoms with E-state index in [-0.39, 0.29) is 22.9 Å². The molecule has 0 amide bonds. The molecule has 1 fully saturated rings. The number of furan rings is 1. The summed E-state index contributed by atoms with van der Waals surface area (Å²) in [6.07, 6.45) is -0.166. The summed E-state index contributed by atoms with van der Waals surface area (Å²) in [5.74, 6) is -0.143. The van der Waals surface area contributed by atoms with Gasteiger partial charge in [0, 0.05) is 5.56 Å². The van der Waals surface area contributed by atoms with Crippen LogP contribution < -0.4 is 5.32 Å². The topological polar surface area (TPSA) is 91.4 Å². The number of anilines is 1. The lowest BCUT2D eigenvalue weighted by Gasteiger charge is -2.28. The predicted octanol–water partition coefficient (Wildman–Crippen LogP) is 4.33. The van der Waals surface area contributed by atoms with E-state index in [0.29, 0.717) is 23.7 Å². The van der Waals surface area contributed by atoms with Gasteiger partial charge in [-0.25, -0.2) is 0 Å². The van der Waals surface area contributed by atoms with Crippen LogP contribution in [0.3, 0.4) is 0 Å². The van der Waals surface area contributed by atoms with Crippen molar-refractivity contribution in [1.82, 2.24) is 10.2 Å². The monoisotopic (exact) mass is 393 g/mol. The van der Waals surface area contributed by atoms with E-state index in [0.717, 1.165) is 31.4 Å². The first kappa shape index (κ1) is 18.5. The number of hydrogen-bond donors (Lipinski definition) is 3. The molecule has 2 atom stereocenters. The number of aliphatic hydroxyl groups excluding tert-OH is 1. The number of fused-ring (bicyclic) bond motifs is 1. The molecule has 3 aromatic rings. The number of aromatic hydroxyl groups is 1. The van der Waals surface area contributed by atoms with Crippen LogP contribution in [0.4, 0.5) is 19.0 Å². The fourth-order valence-corrected chi connectivity index (χ4v) is 3.52. The van der Waals surface area contributed by atoms with Crippen molar-refractivity contribution in [3.63, 3.8) is 0 Å².